The molecular formula is C21H24N4O3S. The summed E-state index contributed by atoms with van der Waals surface area (Å²) in [5, 5.41) is 2.00. The van der Waals surface area contributed by atoms with Gasteiger partial charge in [-0.05, 0) is 23.6 Å². The highest BCUT2D eigenvalue weighted by atomic mass is 32.1. The second-order valence-electron chi connectivity index (χ2n) is 7.06. The van der Waals surface area contributed by atoms with E-state index in [0.717, 1.165) is 15.9 Å². The average molecular weight is 413 g/mol. The number of benzene rings is 1. The van der Waals surface area contributed by atoms with Crippen molar-refractivity contribution in [2.45, 2.75) is 19.5 Å². The third-order valence-corrected chi connectivity index (χ3v) is 5.96. The van der Waals surface area contributed by atoms with E-state index >= 15 is 0 Å². The standard InChI is InChI=1S/C21H24N4O3S/c1-23(15-16-5-4-14-29-16)19(26)8-9-25-18-7-3-2-6-17(18)22-20(21(25)27)24-10-12-28-13-11-24/h2-7,14H,8-13,15H2,1H3. The van der Waals surface area contributed by atoms with Gasteiger partial charge in [0.05, 0.1) is 30.8 Å². The number of para-hydroxylation sites is 2. The van der Waals surface area contributed by atoms with Crippen LogP contribution in [0.3, 0.4) is 0 Å². The molecule has 3 heterocycles. The minimum Gasteiger partial charge on any atom is -0.378 e. The van der Waals surface area contributed by atoms with Gasteiger partial charge in [0.15, 0.2) is 5.82 Å². The Balaban J connectivity index is 1.57. The number of anilines is 1. The fraction of sp³-hybridized carbons (Fsp3) is 0.381. The highest BCUT2D eigenvalue weighted by Crippen LogP contribution is 2.16. The first-order chi connectivity index (χ1) is 14.1. The number of thiophene rings is 1. The number of aromatic nitrogens is 2. The third-order valence-electron chi connectivity index (χ3n) is 5.09. The lowest BCUT2D eigenvalue weighted by Gasteiger charge is -2.28. The van der Waals surface area contributed by atoms with Crippen molar-refractivity contribution >= 4 is 34.1 Å². The highest BCUT2D eigenvalue weighted by Gasteiger charge is 2.20. The highest BCUT2D eigenvalue weighted by molar-refractivity contribution is 7.09. The molecule has 0 N–H and O–H groups in total. The maximum absolute atomic E-state index is 13.2. The van der Waals surface area contributed by atoms with Gasteiger partial charge in [-0.15, -0.1) is 11.3 Å². The predicted molar refractivity (Wildman–Crippen MR) is 114 cm³/mol. The van der Waals surface area contributed by atoms with Crippen molar-refractivity contribution < 1.29 is 9.53 Å². The number of ether oxygens (including phenoxy) is 1. The lowest BCUT2D eigenvalue weighted by atomic mass is 10.2. The Morgan fingerprint density at radius 3 is 2.76 bits per heavy atom. The van der Waals surface area contributed by atoms with Gasteiger partial charge in [0.1, 0.15) is 0 Å². The molecule has 1 aromatic carbocycles. The van der Waals surface area contributed by atoms with E-state index < -0.39 is 0 Å². The molecule has 0 saturated carbocycles. The number of hydrogen-bond donors (Lipinski definition) is 0. The molecule has 0 aliphatic carbocycles. The van der Waals surface area contributed by atoms with E-state index in [4.69, 9.17) is 4.74 Å². The third kappa shape index (κ3) is 4.33. The molecule has 0 bridgehead atoms. The molecular weight excluding hydrogens is 388 g/mol. The van der Waals surface area contributed by atoms with Crippen molar-refractivity contribution in [1.29, 1.82) is 0 Å². The van der Waals surface area contributed by atoms with Crippen LogP contribution >= 0.6 is 11.3 Å². The predicted octanol–water partition coefficient (Wildman–Crippen LogP) is 2.34. The molecule has 2 aromatic heterocycles. The second-order valence-corrected chi connectivity index (χ2v) is 8.09. The summed E-state index contributed by atoms with van der Waals surface area (Å²) in [5.41, 5.74) is 1.36. The number of fused-ring (bicyclic) bond motifs is 1. The van der Waals surface area contributed by atoms with E-state index in [1.807, 2.05) is 46.7 Å². The van der Waals surface area contributed by atoms with Crippen molar-refractivity contribution in [3.05, 3.63) is 57.0 Å². The summed E-state index contributed by atoms with van der Waals surface area (Å²) >= 11 is 1.63. The number of nitrogens with zero attached hydrogens (tertiary/aromatic N) is 4. The van der Waals surface area contributed by atoms with Gasteiger partial charge < -0.3 is 19.1 Å². The van der Waals surface area contributed by atoms with E-state index in [0.29, 0.717) is 45.2 Å². The molecule has 1 amide bonds. The molecule has 29 heavy (non-hydrogen) atoms. The van der Waals surface area contributed by atoms with Crippen molar-refractivity contribution in [3.63, 3.8) is 0 Å². The first-order valence-electron chi connectivity index (χ1n) is 9.72. The quantitative estimate of drug-likeness (QED) is 0.622. The summed E-state index contributed by atoms with van der Waals surface area (Å²) < 4.78 is 7.08. The molecule has 8 heteroatoms. The zero-order valence-electron chi connectivity index (χ0n) is 16.4. The van der Waals surface area contributed by atoms with E-state index in [-0.39, 0.29) is 17.9 Å². The lowest BCUT2D eigenvalue weighted by molar-refractivity contribution is -0.130. The van der Waals surface area contributed by atoms with Gasteiger partial charge in [-0.2, -0.15) is 0 Å². The molecule has 0 spiro atoms. The molecule has 1 saturated heterocycles. The summed E-state index contributed by atoms with van der Waals surface area (Å²) in [6.07, 6.45) is 0.262. The number of morpholine rings is 1. The summed E-state index contributed by atoms with van der Waals surface area (Å²) in [4.78, 5) is 35.3. The van der Waals surface area contributed by atoms with Gasteiger partial charge >= 0.3 is 0 Å². The van der Waals surface area contributed by atoms with Crippen LogP contribution in [0.4, 0.5) is 5.82 Å². The van der Waals surface area contributed by atoms with Crippen LogP contribution in [0.15, 0.2) is 46.6 Å². The van der Waals surface area contributed by atoms with Crippen LogP contribution in [0.1, 0.15) is 11.3 Å². The molecule has 152 valence electrons. The topological polar surface area (TPSA) is 67.7 Å². The molecule has 0 atom stereocenters. The number of aryl methyl sites for hydroxylation is 1. The molecule has 7 nitrogen and oxygen atoms in total. The summed E-state index contributed by atoms with van der Waals surface area (Å²) in [6, 6.07) is 11.6. The fourth-order valence-electron chi connectivity index (χ4n) is 3.50. The number of carbonyl (C=O) groups is 1. The van der Waals surface area contributed by atoms with Crippen LogP contribution in [0.5, 0.6) is 0 Å². The van der Waals surface area contributed by atoms with E-state index in [2.05, 4.69) is 4.98 Å². The fourth-order valence-corrected chi connectivity index (χ4v) is 4.26. The van der Waals surface area contributed by atoms with Crippen LogP contribution in [0.25, 0.3) is 11.0 Å². The normalized spacial score (nSPS) is 14.3. The summed E-state index contributed by atoms with van der Waals surface area (Å²) in [7, 11) is 1.80. The second kappa shape index (κ2) is 8.75. The van der Waals surface area contributed by atoms with E-state index in [1.54, 1.807) is 27.9 Å². The Labute approximate surface area is 173 Å². The maximum Gasteiger partial charge on any atom is 0.294 e. The van der Waals surface area contributed by atoms with Gasteiger partial charge in [0, 0.05) is 38.0 Å². The monoisotopic (exact) mass is 412 g/mol. The largest absolute Gasteiger partial charge is 0.378 e. The Morgan fingerprint density at radius 1 is 1.21 bits per heavy atom. The van der Waals surface area contributed by atoms with E-state index in [9.17, 15) is 9.59 Å². The molecule has 0 unspecified atom stereocenters. The average Bonchev–Trinajstić information content (AvgIpc) is 3.26. The number of amides is 1. The van der Waals surface area contributed by atoms with Gasteiger partial charge in [-0.25, -0.2) is 4.98 Å². The first kappa shape index (κ1) is 19.6. The molecule has 4 rings (SSSR count). The number of carbonyl (C=O) groups excluding carboxylic acids is 1. The minimum absolute atomic E-state index is 0.0131. The molecule has 3 aromatic rings. The van der Waals surface area contributed by atoms with Crippen molar-refractivity contribution in [3.8, 4) is 0 Å². The Morgan fingerprint density at radius 2 is 2.00 bits per heavy atom. The molecule has 1 aliphatic rings. The zero-order chi connectivity index (χ0) is 20.2. The Bertz CT molecular complexity index is 1040. The van der Waals surface area contributed by atoms with Gasteiger partial charge in [-0.1, -0.05) is 18.2 Å². The zero-order valence-corrected chi connectivity index (χ0v) is 17.2. The first-order valence-corrected chi connectivity index (χ1v) is 10.6. The molecule has 0 radical (unpaired) electrons. The van der Waals surface area contributed by atoms with Crippen molar-refractivity contribution in [1.82, 2.24) is 14.5 Å². The van der Waals surface area contributed by atoms with Crippen LogP contribution in [-0.2, 0) is 22.6 Å². The number of hydrogen-bond acceptors (Lipinski definition) is 6. The lowest BCUT2D eigenvalue weighted by Crippen LogP contribution is -2.41. The van der Waals surface area contributed by atoms with Gasteiger partial charge in [0.25, 0.3) is 5.56 Å². The number of rotatable bonds is 6. The summed E-state index contributed by atoms with van der Waals surface area (Å²) in [6.45, 7) is 3.36. The maximum atomic E-state index is 13.2. The SMILES string of the molecule is CN(Cc1cccs1)C(=O)CCn1c(=O)c(N2CCOCC2)nc2ccccc21. The van der Waals surface area contributed by atoms with Crippen LogP contribution in [0.2, 0.25) is 0 Å². The van der Waals surface area contributed by atoms with E-state index in [1.165, 1.54) is 0 Å². The van der Waals surface area contributed by atoms with Crippen LogP contribution < -0.4 is 10.5 Å². The molecule has 1 aliphatic heterocycles. The van der Waals surface area contributed by atoms with Crippen molar-refractivity contribution in [2.24, 2.45) is 0 Å². The van der Waals surface area contributed by atoms with Crippen LogP contribution in [-0.4, -0.2) is 53.7 Å². The minimum atomic E-state index is -0.153. The van der Waals surface area contributed by atoms with Crippen LogP contribution in [0, 0.1) is 0 Å². The smallest absolute Gasteiger partial charge is 0.294 e. The molecule has 1 fully saturated rings. The summed E-state index contributed by atoms with van der Waals surface area (Å²) in [5.74, 6) is 0.450. The van der Waals surface area contributed by atoms with Crippen molar-refractivity contribution in [2.75, 3.05) is 38.3 Å². The Kier molecular flexibility index (Phi) is 5.92. The van der Waals surface area contributed by atoms with Gasteiger partial charge in [-0.3, -0.25) is 9.59 Å². The van der Waals surface area contributed by atoms with Gasteiger partial charge in [0.2, 0.25) is 5.91 Å². The Hall–Kier alpha value is -2.71.